The molecule has 2 aromatic carbocycles. The van der Waals surface area contributed by atoms with Crippen LogP contribution in [-0.4, -0.2) is 0 Å². The summed E-state index contributed by atoms with van der Waals surface area (Å²) in [7, 11) is 0. The number of ether oxygens (including phenoxy) is 1. The van der Waals surface area contributed by atoms with Gasteiger partial charge in [-0.05, 0) is 34.1 Å². The Kier molecular flexibility index (Phi) is 4.02. The van der Waals surface area contributed by atoms with Gasteiger partial charge in [-0.1, -0.05) is 29.8 Å². The van der Waals surface area contributed by atoms with E-state index in [1.807, 2.05) is 18.2 Å². The van der Waals surface area contributed by atoms with Crippen molar-refractivity contribution < 1.29 is 9.13 Å². The smallest absolute Gasteiger partial charge is 0.136 e. The summed E-state index contributed by atoms with van der Waals surface area (Å²) in [4.78, 5) is 0. The molecule has 0 aromatic heterocycles. The van der Waals surface area contributed by atoms with Crippen molar-refractivity contribution in [1.29, 1.82) is 0 Å². The lowest BCUT2D eigenvalue weighted by Crippen LogP contribution is -1.97. The van der Waals surface area contributed by atoms with Crippen LogP contribution in [0.3, 0.4) is 0 Å². The van der Waals surface area contributed by atoms with Crippen LogP contribution in [0.1, 0.15) is 5.56 Å². The predicted octanol–water partition coefficient (Wildman–Crippen LogP) is 4.82. The molecule has 1 nitrogen and oxygen atoms in total. The lowest BCUT2D eigenvalue weighted by atomic mass is 10.2. The topological polar surface area (TPSA) is 9.23 Å². The van der Waals surface area contributed by atoms with Crippen molar-refractivity contribution >= 4 is 27.5 Å². The molecule has 0 saturated carbocycles. The zero-order valence-electron chi connectivity index (χ0n) is 8.79. The normalized spacial score (nSPS) is 10.3. The van der Waals surface area contributed by atoms with Crippen molar-refractivity contribution in [2.45, 2.75) is 6.61 Å². The average molecular weight is 316 g/mol. The molecule has 0 aliphatic rings. The van der Waals surface area contributed by atoms with Crippen LogP contribution >= 0.6 is 27.5 Å². The molecule has 0 fully saturated rings. The highest BCUT2D eigenvalue weighted by Gasteiger charge is 2.05. The third-order valence-electron chi connectivity index (χ3n) is 2.23. The zero-order chi connectivity index (χ0) is 12.3. The number of rotatable bonds is 3. The van der Waals surface area contributed by atoms with Gasteiger partial charge in [0.25, 0.3) is 0 Å². The molecule has 17 heavy (non-hydrogen) atoms. The molecule has 0 aliphatic heterocycles. The average Bonchev–Trinajstić information content (AvgIpc) is 2.32. The van der Waals surface area contributed by atoms with Gasteiger partial charge in [-0.3, -0.25) is 0 Å². The summed E-state index contributed by atoms with van der Waals surface area (Å²) in [6.45, 7) is 0.307. The van der Waals surface area contributed by atoms with E-state index in [4.69, 9.17) is 16.3 Å². The van der Waals surface area contributed by atoms with E-state index in [1.54, 1.807) is 12.1 Å². The molecule has 4 heteroatoms. The number of hydrogen-bond donors (Lipinski definition) is 0. The molecule has 0 atom stereocenters. The van der Waals surface area contributed by atoms with E-state index in [0.717, 1.165) is 5.56 Å². The van der Waals surface area contributed by atoms with Gasteiger partial charge in [-0.15, -0.1) is 0 Å². The Balaban J connectivity index is 2.12. The summed E-state index contributed by atoms with van der Waals surface area (Å²) in [5.74, 6) is 0.132. The van der Waals surface area contributed by atoms with Gasteiger partial charge in [0.1, 0.15) is 18.2 Å². The summed E-state index contributed by atoms with van der Waals surface area (Å²) in [5, 5.41) is 0.639. The first-order valence-corrected chi connectivity index (χ1v) is 6.15. The van der Waals surface area contributed by atoms with E-state index < -0.39 is 0 Å². The standard InChI is InChI=1S/C13H9BrClFO/c14-11-6-5-10(16)7-13(11)17-8-9-3-1-2-4-12(9)15/h1-7H,8H2. The molecule has 2 aromatic rings. The van der Waals surface area contributed by atoms with Crippen LogP contribution < -0.4 is 4.74 Å². The second-order valence-corrected chi connectivity index (χ2v) is 4.72. The van der Waals surface area contributed by atoms with Gasteiger partial charge in [0.05, 0.1) is 4.47 Å². The third kappa shape index (κ3) is 3.20. The van der Waals surface area contributed by atoms with Gasteiger partial charge in [0.15, 0.2) is 0 Å². The van der Waals surface area contributed by atoms with E-state index in [2.05, 4.69) is 15.9 Å². The molecule has 0 unspecified atom stereocenters. The fraction of sp³-hybridized carbons (Fsp3) is 0.0769. The van der Waals surface area contributed by atoms with Gasteiger partial charge in [-0.25, -0.2) is 4.39 Å². The fourth-order valence-corrected chi connectivity index (χ4v) is 1.91. The van der Waals surface area contributed by atoms with Crippen LogP contribution in [0, 0.1) is 5.82 Å². The monoisotopic (exact) mass is 314 g/mol. The Morgan fingerprint density at radius 3 is 2.71 bits per heavy atom. The molecular formula is C13H9BrClFO. The first-order valence-electron chi connectivity index (χ1n) is 4.98. The van der Waals surface area contributed by atoms with Crippen LogP contribution in [0.4, 0.5) is 4.39 Å². The Bertz CT molecular complexity index is 531. The molecule has 0 spiro atoms. The largest absolute Gasteiger partial charge is 0.488 e. The summed E-state index contributed by atoms with van der Waals surface area (Å²) in [5.41, 5.74) is 0.866. The fourth-order valence-electron chi connectivity index (χ4n) is 1.36. The van der Waals surface area contributed by atoms with E-state index in [9.17, 15) is 4.39 Å². The van der Waals surface area contributed by atoms with Gasteiger partial charge in [0.2, 0.25) is 0 Å². The Morgan fingerprint density at radius 2 is 1.94 bits per heavy atom. The van der Waals surface area contributed by atoms with E-state index >= 15 is 0 Å². The summed E-state index contributed by atoms with van der Waals surface area (Å²) in [6, 6.07) is 11.7. The van der Waals surface area contributed by atoms with Crippen molar-refractivity contribution in [3.05, 3.63) is 63.3 Å². The quantitative estimate of drug-likeness (QED) is 0.789. The van der Waals surface area contributed by atoms with E-state index in [0.29, 0.717) is 21.9 Å². The Hall–Kier alpha value is -1.06. The van der Waals surface area contributed by atoms with Gasteiger partial charge in [0, 0.05) is 16.7 Å². The molecule has 0 radical (unpaired) electrons. The Morgan fingerprint density at radius 1 is 1.18 bits per heavy atom. The maximum absolute atomic E-state index is 13.0. The van der Waals surface area contributed by atoms with Crippen molar-refractivity contribution in [2.24, 2.45) is 0 Å². The minimum absolute atomic E-state index is 0.307. The molecule has 0 N–H and O–H groups in total. The number of benzene rings is 2. The minimum atomic E-state index is -0.331. The molecule has 0 bridgehead atoms. The molecule has 0 amide bonds. The SMILES string of the molecule is Fc1ccc(Br)c(OCc2ccccc2Cl)c1. The minimum Gasteiger partial charge on any atom is -0.488 e. The molecule has 0 heterocycles. The lowest BCUT2D eigenvalue weighted by Gasteiger charge is -2.09. The highest BCUT2D eigenvalue weighted by atomic mass is 79.9. The second kappa shape index (κ2) is 5.52. The van der Waals surface area contributed by atoms with E-state index in [1.165, 1.54) is 12.1 Å². The molecule has 0 aliphatic carbocycles. The molecule has 88 valence electrons. The lowest BCUT2D eigenvalue weighted by molar-refractivity contribution is 0.302. The van der Waals surface area contributed by atoms with Crippen LogP contribution in [0.5, 0.6) is 5.75 Å². The highest BCUT2D eigenvalue weighted by Crippen LogP contribution is 2.27. The maximum Gasteiger partial charge on any atom is 0.136 e. The maximum atomic E-state index is 13.0. The molecular weight excluding hydrogens is 306 g/mol. The van der Waals surface area contributed by atoms with E-state index in [-0.39, 0.29) is 5.82 Å². The summed E-state index contributed by atoms with van der Waals surface area (Å²) >= 11 is 9.29. The van der Waals surface area contributed by atoms with Crippen LogP contribution in [0.15, 0.2) is 46.9 Å². The third-order valence-corrected chi connectivity index (χ3v) is 3.26. The zero-order valence-corrected chi connectivity index (χ0v) is 11.1. The van der Waals surface area contributed by atoms with Crippen LogP contribution in [-0.2, 0) is 6.61 Å². The summed E-state index contributed by atoms with van der Waals surface area (Å²) < 4.78 is 19.3. The summed E-state index contributed by atoms with van der Waals surface area (Å²) in [6.07, 6.45) is 0. The van der Waals surface area contributed by atoms with Gasteiger partial charge >= 0.3 is 0 Å². The number of halogens is 3. The molecule has 2 rings (SSSR count). The first-order chi connectivity index (χ1) is 8.16. The van der Waals surface area contributed by atoms with Gasteiger partial charge in [-0.2, -0.15) is 0 Å². The second-order valence-electron chi connectivity index (χ2n) is 3.45. The first kappa shape index (κ1) is 12.4. The van der Waals surface area contributed by atoms with Crippen molar-refractivity contribution in [1.82, 2.24) is 0 Å². The van der Waals surface area contributed by atoms with Crippen molar-refractivity contribution in [3.8, 4) is 5.75 Å². The van der Waals surface area contributed by atoms with Crippen LogP contribution in [0.2, 0.25) is 5.02 Å². The van der Waals surface area contributed by atoms with Crippen LogP contribution in [0.25, 0.3) is 0 Å². The number of hydrogen-bond acceptors (Lipinski definition) is 1. The predicted molar refractivity (Wildman–Crippen MR) is 69.9 cm³/mol. The van der Waals surface area contributed by atoms with Crippen molar-refractivity contribution in [3.63, 3.8) is 0 Å². The molecule has 0 saturated heterocycles. The van der Waals surface area contributed by atoms with Crippen molar-refractivity contribution in [2.75, 3.05) is 0 Å². The Labute approximate surface area is 112 Å². The highest BCUT2D eigenvalue weighted by molar-refractivity contribution is 9.10. The van der Waals surface area contributed by atoms with Gasteiger partial charge < -0.3 is 4.74 Å².